The Bertz CT molecular complexity index is 719. The van der Waals surface area contributed by atoms with Gasteiger partial charge in [-0.3, -0.25) is 9.88 Å². The molecule has 0 saturated carbocycles. The van der Waals surface area contributed by atoms with Gasteiger partial charge in [0.25, 0.3) is 0 Å². The first kappa shape index (κ1) is 18.1. The summed E-state index contributed by atoms with van der Waals surface area (Å²) in [6, 6.07) is 8.84. The lowest BCUT2D eigenvalue weighted by molar-refractivity contribution is -0.00322. The molecule has 26 heavy (non-hydrogen) atoms. The normalized spacial score (nSPS) is 27.3. The van der Waals surface area contributed by atoms with Crippen molar-refractivity contribution in [2.45, 2.75) is 58.1 Å². The minimum Gasteiger partial charge on any atom is -0.378 e. The van der Waals surface area contributed by atoms with Crippen LogP contribution < -0.4 is 0 Å². The fourth-order valence-corrected chi connectivity index (χ4v) is 5.59. The highest BCUT2D eigenvalue weighted by atomic mass is 32.1. The maximum absolute atomic E-state index is 6.24. The molecule has 0 radical (unpaired) electrons. The van der Waals surface area contributed by atoms with Crippen molar-refractivity contribution >= 4 is 11.3 Å². The predicted octanol–water partition coefficient (Wildman–Crippen LogP) is 4.80. The van der Waals surface area contributed by atoms with Crippen LogP contribution in [0.2, 0.25) is 0 Å². The molecule has 0 amide bonds. The number of aromatic nitrogens is 1. The first-order valence-electron chi connectivity index (χ1n) is 9.82. The van der Waals surface area contributed by atoms with E-state index >= 15 is 0 Å². The van der Waals surface area contributed by atoms with Crippen molar-refractivity contribution < 1.29 is 4.74 Å². The SMILES string of the molecule is Cc1ccc(C(C)(C)N2CC[C@@](Cc3cccs3)(C3CCCO3)C2)cn1. The van der Waals surface area contributed by atoms with Crippen LogP contribution in [0.25, 0.3) is 0 Å². The largest absolute Gasteiger partial charge is 0.378 e. The van der Waals surface area contributed by atoms with E-state index in [9.17, 15) is 0 Å². The first-order valence-corrected chi connectivity index (χ1v) is 10.7. The van der Waals surface area contributed by atoms with Crippen LogP contribution >= 0.6 is 11.3 Å². The highest BCUT2D eigenvalue weighted by Crippen LogP contribution is 2.46. The lowest BCUT2D eigenvalue weighted by Crippen LogP contribution is -2.45. The molecule has 2 aliphatic heterocycles. The summed E-state index contributed by atoms with van der Waals surface area (Å²) in [6.45, 7) is 9.91. The third-order valence-corrected chi connectivity index (χ3v) is 7.39. The minimum absolute atomic E-state index is 0.00347. The molecule has 2 aromatic heterocycles. The zero-order valence-electron chi connectivity index (χ0n) is 16.2. The van der Waals surface area contributed by atoms with Crippen LogP contribution in [0.1, 0.15) is 49.2 Å². The molecule has 0 spiro atoms. The number of nitrogens with zero attached hydrogens (tertiary/aromatic N) is 2. The van der Waals surface area contributed by atoms with E-state index in [1.807, 2.05) is 11.3 Å². The van der Waals surface area contributed by atoms with Gasteiger partial charge in [-0.25, -0.2) is 0 Å². The van der Waals surface area contributed by atoms with Gasteiger partial charge >= 0.3 is 0 Å². The number of thiophene rings is 1. The molecule has 2 aromatic rings. The first-order chi connectivity index (χ1) is 12.5. The molecule has 140 valence electrons. The molecule has 2 fully saturated rings. The summed E-state index contributed by atoms with van der Waals surface area (Å²) >= 11 is 1.89. The van der Waals surface area contributed by atoms with Gasteiger partial charge in [0.2, 0.25) is 0 Å². The van der Waals surface area contributed by atoms with Gasteiger partial charge in [-0.15, -0.1) is 11.3 Å². The Kier molecular flexibility index (Phi) is 4.93. The zero-order chi connectivity index (χ0) is 18.2. The molecule has 0 aliphatic carbocycles. The van der Waals surface area contributed by atoms with Gasteiger partial charge in [0.05, 0.1) is 6.10 Å². The van der Waals surface area contributed by atoms with Crippen LogP contribution in [0.4, 0.5) is 0 Å². The van der Waals surface area contributed by atoms with E-state index in [-0.39, 0.29) is 11.0 Å². The highest BCUT2D eigenvalue weighted by molar-refractivity contribution is 7.09. The van der Waals surface area contributed by atoms with Gasteiger partial charge < -0.3 is 4.74 Å². The lowest BCUT2D eigenvalue weighted by Gasteiger charge is -2.40. The number of hydrogen-bond acceptors (Lipinski definition) is 4. The maximum atomic E-state index is 6.24. The van der Waals surface area contributed by atoms with E-state index in [4.69, 9.17) is 4.74 Å². The van der Waals surface area contributed by atoms with Crippen molar-refractivity contribution in [2.75, 3.05) is 19.7 Å². The quantitative estimate of drug-likeness (QED) is 0.756. The van der Waals surface area contributed by atoms with Gasteiger partial charge in [0, 0.05) is 40.9 Å². The number of aryl methyl sites for hydroxylation is 1. The van der Waals surface area contributed by atoms with Gasteiger partial charge in [-0.2, -0.15) is 0 Å². The van der Waals surface area contributed by atoms with Crippen LogP contribution in [0, 0.1) is 12.3 Å². The van der Waals surface area contributed by atoms with Crippen LogP contribution in [-0.4, -0.2) is 35.7 Å². The van der Waals surface area contributed by atoms with Crippen LogP contribution in [0.5, 0.6) is 0 Å². The van der Waals surface area contributed by atoms with E-state index in [0.29, 0.717) is 6.10 Å². The topological polar surface area (TPSA) is 25.4 Å². The summed E-state index contributed by atoms with van der Waals surface area (Å²) < 4.78 is 6.24. The molecule has 4 heteroatoms. The van der Waals surface area contributed by atoms with Crippen molar-refractivity contribution in [3.05, 3.63) is 52.0 Å². The van der Waals surface area contributed by atoms with Crippen molar-refractivity contribution in [1.82, 2.24) is 9.88 Å². The van der Waals surface area contributed by atoms with Crippen molar-refractivity contribution in [3.63, 3.8) is 0 Å². The Balaban J connectivity index is 1.59. The average molecular weight is 371 g/mol. The third kappa shape index (κ3) is 3.35. The zero-order valence-corrected chi connectivity index (χ0v) is 17.0. The van der Waals surface area contributed by atoms with Crippen LogP contribution in [0.3, 0.4) is 0 Å². The second-order valence-electron chi connectivity index (χ2n) is 8.54. The van der Waals surface area contributed by atoms with Crippen molar-refractivity contribution in [2.24, 2.45) is 5.41 Å². The van der Waals surface area contributed by atoms with E-state index in [1.54, 1.807) is 0 Å². The third-order valence-electron chi connectivity index (χ3n) is 6.51. The number of likely N-dealkylation sites (tertiary alicyclic amines) is 1. The molecule has 2 atom stereocenters. The van der Waals surface area contributed by atoms with E-state index in [2.05, 4.69) is 66.5 Å². The van der Waals surface area contributed by atoms with Gasteiger partial charge in [0.15, 0.2) is 0 Å². The summed E-state index contributed by atoms with van der Waals surface area (Å²) in [5.74, 6) is 0. The number of ether oxygens (including phenoxy) is 1. The molecule has 0 aromatic carbocycles. The number of rotatable bonds is 5. The Labute approximate surface area is 161 Å². The molecule has 0 bridgehead atoms. The Morgan fingerprint density at radius 1 is 1.35 bits per heavy atom. The van der Waals surface area contributed by atoms with Crippen LogP contribution in [0.15, 0.2) is 35.8 Å². The fraction of sp³-hybridized carbons (Fsp3) is 0.591. The predicted molar refractivity (Wildman–Crippen MR) is 108 cm³/mol. The lowest BCUT2D eigenvalue weighted by atomic mass is 9.76. The Morgan fingerprint density at radius 3 is 2.88 bits per heavy atom. The second kappa shape index (κ2) is 7.06. The maximum Gasteiger partial charge on any atom is 0.0648 e. The molecule has 2 aliphatic rings. The molecular weight excluding hydrogens is 340 g/mol. The smallest absolute Gasteiger partial charge is 0.0648 e. The van der Waals surface area contributed by atoms with Crippen LogP contribution in [-0.2, 0) is 16.7 Å². The summed E-state index contributed by atoms with van der Waals surface area (Å²) in [5.41, 5.74) is 2.63. The molecular formula is C22H30N2OS. The van der Waals surface area contributed by atoms with E-state index in [1.165, 1.54) is 29.7 Å². The standard InChI is InChI=1S/C22H30N2OS/c1-17-8-9-18(15-23-17)21(2,3)24-11-10-22(16-24,20-7-4-12-25-20)14-19-6-5-13-26-19/h5-6,8-9,13,15,20H,4,7,10-12,14,16H2,1-3H3/t20?,22-/m0/s1. The number of pyridine rings is 1. The minimum atomic E-state index is -0.00347. The van der Waals surface area contributed by atoms with Gasteiger partial charge in [0.1, 0.15) is 0 Å². The molecule has 2 saturated heterocycles. The fourth-order valence-electron chi connectivity index (χ4n) is 4.73. The van der Waals surface area contributed by atoms with E-state index in [0.717, 1.165) is 31.8 Å². The summed E-state index contributed by atoms with van der Waals surface area (Å²) in [5, 5.41) is 2.20. The molecule has 4 heterocycles. The highest BCUT2D eigenvalue weighted by Gasteiger charge is 2.49. The van der Waals surface area contributed by atoms with Gasteiger partial charge in [-0.1, -0.05) is 12.1 Å². The average Bonchev–Trinajstić information content (AvgIpc) is 3.38. The summed E-state index contributed by atoms with van der Waals surface area (Å²) in [7, 11) is 0. The van der Waals surface area contributed by atoms with Crippen molar-refractivity contribution in [1.29, 1.82) is 0 Å². The molecule has 4 rings (SSSR count). The molecule has 0 N–H and O–H groups in total. The van der Waals surface area contributed by atoms with Crippen molar-refractivity contribution in [3.8, 4) is 0 Å². The molecule has 1 unspecified atom stereocenters. The Hall–Kier alpha value is -1.23. The second-order valence-corrected chi connectivity index (χ2v) is 9.57. The monoisotopic (exact) mass is 370 g/mol. The van der Waals surface area contributed by atoms with E-state index < -0.39 is 0 Å². The Morgan fingerprint density at radius 2 is 2.23 bits per heavy atom. The van der Waals surface area contributed by atoms with Gasteiger partial charge in [-0.05, 0) is 76.1 Å². The molecule has 3 nitrogen and oxygen atoms in total. The number of hydrogen-bond donors (Lipinski definition) is 0. The summed E-state index contributed by atoms with van der Waals surface area (Å²) in [6.07, 6.45) is 7.25. The summed E-state index contributed by atoms with van der Waals surface area (Å²) in [4.78, 5) is 8.70.